The van der Waals surface area contributed by atoms with Crippen molar-refractivity contribution in [1.29, 1.82) is 0 Å². The highest BCUT2D eigenvalue weighted by atomic mass is 79.9. The number of halogens is 1. The third kappa shape index (κ3) is 6.08. The molecular weight excluding hydrogens is 384 g/mol. The maximum atomic E-state index is 12.1. The Labute approximate surface area is 155 Å². The molecule has 0 saturated heterocycles. The number of nitrogens with zero attached hydrogens (tertiary/aromatic N) is 1. The average molecular weight is 403 g/mol. The van der Waals surface area contributed by atoms with Crippen molar-refractivity contribution in [3.8, 4) is 11.5 Å². The Bertz CT molecular complexity index is 745. The van der Waals surface area contributed by atoms with E-state index in [1.54, 1.807) is 25.1 Å². The normalized spacial score (nSPS) is 11.8. The molecule has 1 N–H and O–H groups in total. The predicted octanol–water partition coefficient (Wildman–Crippen LogP) is 3.93. The zero-order chi connectivity index (χ0) is 18.1. The third-order valence-electron chi connectivity index (χ3n) is 3.15. The van der Waals surface area contributed by atoms with E-state index in [1.807, 2.05) is 36.4 Å². The van der Waals surface area contributed by atoms with Crippen LogP contribution >= 0.6 is 15.9 Å². The molecule has 0 bridgehead atoms. The Hall–Kier alpha value is -2.60. The summed E-state index contributed by atoms with van der Waals surface area (Å²) in [7, 11) is 0. The number of hydrogen-bond acceptors (Lipinski definition) is 4. The first-order chi connectivity index (χ1) is 12.1. The van der Waals surface area contributed by atoms with Crippen LogP contribution in [0.4, 0.5) is 0 Å². The van der Waals surface area contributed by atoms with Crippen LogP contribution in [0.1, 0.15) is 12.5 Å². The molecule has 5 nitrogen and oxygen atoms in total. The maximum absolute atomic E-state index is 12.1. The van der Waals surface area contributed by atoms with Crippen molar-refractivity contribution in [3.63, 3.8) is 0 Å². The molecule has 6 heteroatoms. The highest BCUT2D eigenvalue weighted by Crippen LogP contribution is 2.17. The Morgan fingerprint density at radius 1 is 1.28 bits per heavy atom. The van der Waals surface area contributed by atoms with Gasteiger partial charge in [-0.25, -0.2) is 5.43 Å². The van der Waals surface area contributed by atoms with Gasteiger partial charge in [0.15, 0.2) is 6.10 Å². The van der Waals surface area contributed by atoms with Gasteiger partial charge in [0.05, 0.1) is 6.21 Å². The highest BCUT2D eigenvalue weighted by Gasteiger charge is 2.13. The van der Waals surface area contributed by atoms with Crippen LogP contribution in [-0.2, 0) is 4.79 Å². The van der Waals surface area contributed by atoms with E-state index in [0.717, 1.165) is 10.0 Å². The van der Waals surface area contributed by atoms with Gasteiger partial charge in [0.25, 0.3) is 5.91 Å². The summed E-state index contributed by atoms with van der Waals surface area (Å²) >= 11 is 3.35. The van der Waals surface area contributed by atoms with Gasteiger partial charge in [-0.3, -0.25) is 4.79 Å². The minimum atomic E-state index is -0.675. The average Bonchev–Trinajstić information content (AvgIpc) is 2.62. The summed E-state index contributed by atoms with van der Waals surface area (Å²) in [6.07, 6.45) is 2.52. The molecule has 0 saturated carbocycles. The number of nitrogens with one attached hydrogen (secondary N) is 1. The van der Waals surface area contributed by atoms with E-state index in [0.29, 0.717) is 18.1 Å². The van der Waals surface area contributed by atoms with E-state index in [4.69, 9.17) is 9.47 Å². The van der Waals surface area contributed by atoms with Crippen LogP contribution < -0.4 is 14.9 Å². The van der Waals surface area contributed by atoms with E-state index in [1.165, 1.54) is 6.21 Å². The van der Waals surface area contributed by atoms with Crippen molar-refractivity contribution in [2.45, 2.75) is 13.0 Å². The Balaban J connectivity index is 1.91. The van der Waals surface area contributed by atoms with Crippen LogP contribution in [0.25, 0.3) is 0 Å². The Morgan fingerprint density at radius 3 is 2.72 bits per heavy atom. The molecule has 2 aromatic carbocycles. The monoisotopic (exact) mass is 402 g/mol. The van der Waals surface area contributed by atoms with Crippen molar-refractivity contribution in [2.75, 3.05) is 6.61 Å². The second-order valence-corrected chi connectivity index (χ2v) is 6.00. The van der Waals surface area contributed by atoms with E-state index >= 15 is 0 Å². The molecule has 2 rings (SSSR count). The minimum Gasteiger partial charge on any atom is -0.489 e. The molecule has 2 aromatic rings. The maximum Gasteiger partial charge on any atom is 0.280 e. The van der Waals surface area contributed by atoms with Gasteiger partial charge in [-0.05, 0) is 43.3 Å². The molecular formula is C19H19BrN2O3. The van der Waals surface area contributed by atoms with E-state index in [-0.39, 0.29) is 5.91 Å². The molecule has 0 aliphatic carbocycles. The topological polar surface area (TPSA) is 59.9 Å². The first-order valence-electron chi connectivity index (χ1n) is 7.68. The summed E-state index contributed by atoms with van der Waals surface area (Å²) in [5.41, 5.74) is 3.22. The predicted molar refractivity (Wildman–Crippen MR) is 102 cm³/mol. The summed E-state index contributed by atoms with van der Waals surface area (Å²) in [4.78, 5) is 12.1. The summed E-state index contributed by atoms with van der Waals surface area (Å²) in [5, 5.41) is 3.97. The fraction of sp³-hybridized carbons (Fsp3) is 0.158. The summed E-state index contributed by atoms with van der Waals surface area (Å²) < 4.78 is 12.0. The fourth-order valence-electron chi connectivity index (χ4n) is 1.89. The molecule has 0 spiro atoms. The number of carbonyl (C=O) groups excluding carboxylic acids is 1. The number of benzene rings is 2. The molecule has 0 aliphatic heterocycles. The largest absolute Gasteiger partial charge is 0.489 e. The third-order valence-corrected chi connectivity index (χ3v) is 3.68. The van der Waals surface area contributed by atoms with Gasteiger partial charge in [0, 0.05) is 10.0 Å². The lowest BCUT2D eigenvalue weighted by Crippen LogP contribution is -2.33. The number of hydrazone groups is 1. The van der Waals surface area contributed by atoms with Crippen LogP contribution in [0.5, 0.6) is 11.5 Å². The van der Waals surface area contributed by atoms with E-state index in [9.17, 15) is 4.79 Å². The Morgan fingerprint density at radius 2 is 2.00 bits per heavy atom. The van der Waals surface area contributed by atoms with Crippen molar-refractivity contribution in [2.24, 2.45) is 5.10 Å². The van der Waals surface area contributed by atoms with Gasteiger partial charge in [0.2, 0.25) is 0 Å². The van der Waals surface area contributed by atoms with Gasteiger partial charge < -0.3 is 9.47 Å². The fourth-order valence-corrected chi connectivity index (χ4v) is 2.16. The SMILES string of the molecule is C=CCOc1ccccc1C=NNC(=O)[C@@H](C)Oc1ccc(Br)cc1. The molecule has 1 atom stereocenters. The van der Waals surface area contributed by atoms with Gasteiger partial charge in [0.1, 0.15) is 18.1 Å². The molecule has 0 unspecified atom stereocenters. The van der Waals surface area contributed by atoms with Gasteiger partial charge in [-0.2, -0.15) is 5.10 Å². The molecule has 25 heavy (non-hydrogen) atoms. The smallest absolute Gasteiger partial charge is 0.280 e. The minimum absolute atomic E-state index is 0.344. The van der Waals surface area contributed by atoms with Gasteiger partial charge >= 0.3 is 0 Å². The lowest BCUT2D eigenvalue weighted by atomic mass is 10.2. The summed E-state index contributed by atoms with van der Waals surface area (Å²) in [6, 6.07) is 14.7. The van der Waals surface area contributed by atoms with Crippen LogP contribution in [0.15, 0.2) is 70.8 Å². The molecule has 0 heterocycles. The van der Waals surface area contributed by atoms with Crippen molar-refractivity contribution < 1.29 is 14.3 Å². The zero-order valence-corrected chi connectivity index (χ0v) is 15.4. The number of hydrogen-bond donors (Lipinski definition) is 1. The molecule has 0 radical (unpaired) electrons. The summed E-state index contributed by atoms with van der Waals surface area (Å²) in [5.74, 6) is 0.932. The van der Waals surface area contributed by atoms with Crippen molar-refractivity contribution in [3.05, 3.63) is 71.2 Å². The first-order valence-corrected chi connectivity index (χ1v) is 8.47. The Kier molecular flexibility index (Phi) is 7.22. The second kappa shape index (κ2) is 9.64. The second-order valence-electron chi connectivity index (χ2n) is 5.09. The molecule has 130 valence electrons. The quantitative estimate of drug-likeness (QED) is 0.413. The van der Waals surface area contributed by atoms with Gasteiger partial charge in [-0.1, -0.05) is 40.7 Å². The van der Waals surface area contributed by atoms with Crippen LogP contribution in [0, 0.1) is 0 Å². The molecule has 0 aliphatic rings. The number of carbonyl (C=O) groups is 1. The van der Waals surface area contributed by atoms with E-state index in [2.05, 4.69) is 33.0 Å². The molecule has 1 amide bonds. The lowest BCUT2D eigenvalue weighted by molar-refractivity contribution is -0.127. The lowest BCUT2D eigenvalue weighted by Gasteiger charge is -2.13. The number of para-hydroxylation sites is 1. The zero-order valence-electron chi connectivity index (χ0n) is 13.8. The summed E-state index contributed by atoms with van der Waals surface area (Å²) in [6.45, 7) is 5.68. The van der Waals surface area contributed by atoms with E-state index < -0.39 is 6.10 Å². The van der Waals surface area contributed by atoms with Crippen molar-refractivity contribution >= 4 is 28.1 Å². The number of rotatable bonds is 8. The van der Waals surface area contributed by atoms with Crippen LogP contribution in [0.3, 0.4) is 0 Å². The first kappa shape index (κ1) is 18.7. The molecule has 0 fully saturated rings. The number of amides is 1. The standard InChI is InChI=1S/C19H19BrN2O3/c1-3-12-24-18-7-5-4-6-15(18)13-21-22-19(23)14(2)25-17-10-8-16(20)9-11-17/h3-11,13-14H,1,12H2,2H3,(H,22,23)/t14-/m1/s1. The van der Waals surface area contributed by atoms with Gasteiger partial charge in [-0.15, -0.1) is 0 Å². The highest BCUT2D eigenvalue weighted by molar-refractivity contribution is 9.10. The van der Waals surface area contributed by atoms with Crippen molar-refractivity contribution in [1.82, 2.24) is 5.43 Å². The number of ether oxygens (including phenoxy) is 2. The van der Waals surface area contributed by atoms with Crippen LogP contribution in [-0.4, -0.2) is 24.8 Å². The molecule has 0 aromatic heterocycles. The van der Waals surface area contributed by atoms with Crippen LogP contribution in [0.2, 0.25) is 0 Å².